The van der Waals surface area contributed by atoms with E-state index in [1.165, 1.54) is 4.90 Å². The van der Waals surface area contributed by atoms with E-state index in [0.29, 0.717) is 30.3 Å². The summed E-state index contributed by atoms with van der Waals surface area (Å²) >= 11 is 6.82. The monoisotopic (exact) mass is 479 g/mol. The maximum atomic E-state index is 12.4. The number of nitrogens with zero attached hydrogens (tertiary/aromatic N) is 1. The predicted molar refractivity (Wildman–Crippen MR) is 109 cm³/mol. The van der Waals surface area contributed by atoms with Gasteiger partial charge in [-0.05, 0) is 58.1 Å². The summed E-state index contributed by atoms with van der Waals surface area (Å²) < 4.78 is 7.20. The van der Waals surface area contributed by atoms with Gasteiger partial charge in [0.25, 0.3) is 11.7 Å². The normalized spacial score (nSPS) is 13.5. The number of hydrogen-bond acceptors (Lipinski definition) is 3. The first kappa shape index (κ1) is 19.1. The summed E-state index contributed by atoms with van der Waals surface area (Å²) in [4.78, 5) is 26.2. The van der Waals surface area contributed by atoms with E-state index in [1.807, 2.05) is 30.3 Å². The highest BCUT2D eigenvalue weighted by atomic mass is 79.9. The van der Waals surface area contributed by atoms with Gasteiger partial charge in [-0.2, -0.15) is 0 Å². The molecule has 0 bridgehead atoms. The van der Waals surface area contributed by atoms with Crippen LogP contribution in [0.25, 0.3) is 0 Å². The highest BCUT2D eigenvalue weighted by Crippen LogP contribution is 2.39. The largest absolute Gasteiger partial charge is 0.494 e. The molecule has 0 unspecified atom stereocenters. The summed E-state index contributed by atoms with van der Waals surface area (Å²) in [5, 5.41) is 0. The second-order valence-electron chi connectivity index (χ2n) is 6.68. The molecule has 6 heteroatoms. The number of ether oxygens (including phenoxy) is 1. The third-order valence-electron chi connectivity index (χ3n) is 4.21. The Bertz CT molecular complexity index is 847. The quantitative estimate of drug-likeness (QED) is 0.522. The standard InChI is InChI=1S/C20H19Br2NO3/c1-12(2)7-8-26-15-5-3-13(4-6-15)11-23-18-16(19(24)20(23)25)9-14(21)10-17(18)22/h3-6,9-10,12H,7-8,11H2,1-2H3. The molecule has 1 aliphatic heterocycles. The van der Waals surface area contributed by atoms with Crippen molar-refractivity contribution in [3.63, 3.8) is 0 Å². The lowest BCUT2D eigenvalue weighted by Gasteiger charge is -2.18. The minimum absolute atomic E-state index is 0.337. The molecule has 1 aliphatic rings. The van der Waals surface area contributed by atoms with Crippen LogP contribution in [0.3, 0.4) is 0 Å². The molecule has 0 aromatic heterocycles. The van der Waals surface area contributed by atoms with E-state index < -0.39 is 11.7 Å². The van der Waals surface area contributed by atoms with Crippen molar-refractivity contribution >= 4 is 49.2 Å². The average molecular weight is 481 g/mol. The molecule has 0 saturated carbocycles. The van der Waals surface area contributed by atoms with Gasteiger partial charge < -0.3 is 4.74 Å². The van der Waals surface area contributed by atoms with Crippen LogP contribution in [0.2, 0.25) is 0 Å². The maximum absolute atomic E-state index is 12.4. The van der Waals surface area contributed by atoms with Crippen molar-refractivity contribution in [2.45, 2.75) is 26.8 Å². The molecule has 2 aromatic carbocycles. The molecule has 0 fully saturated rings. The summed E-state index contributed by atoms with van der Waals surface area (Å²) in [6, 6.07) is 11.2. The number of halogens is 2. The number of carbonyl (C=O) groups is 2. The van der Waals surface area contributed by atoms with Gasteiger partial charge in [0.15, 0.2) is 0 Å². The Morgan fingerprint density at radius 3 is 2.42 bits per heavy atom. The highest BCUT2D eigenvalue weighted by Gasteiger charge is 2.37. The number of amides is 1. The number of ketones is 1. The lowest BCUT2D eigenvalue weighted by Crippen LogP contribution is -2.29. The summed E-state index contributed by atoms with van der Waals surface area (Å²) in [5.41, 5.74) is 1.98. The number of carbonyl (C=O) groups excluding carboxylic acids is 2. The van der Waals surface area contributed by atoms with Gasteiger partial charge in [0.2, 0.25) is 0 Å². The first-order chi connectivity index (χ1) is 12.4. The van der Waals surface area contributed by atoms with Crippen molar-refractivity contribution in [1.29, 1.82) is 0 Å². The van der Waals surface area contributed by atoms with E-state index in [2.05, 4.69) is 45.7 Å². The average Bonchev–Trinajstić information content (AvgIpc) is 2.81. The Labute approximate surface area is 169 Å². The summed E-state index contributed by atoms with van der Waals surface area (Å²) in [7, 11) is 0. The fourth-order valence-electron chi connectivity index (χ4n) is 2.79. The number of benzene rings is 2. The van der Waals surface area contributed by atoms with Gasteiger partial charge in [0.1, 0.15) is 5.75 Å². The third kappa shape index (κ3) is 4.01. The van der Waals surface area contributed by atoms with E-state index >= 15 is 0 Å². The predicted octanol–water partition coefficient (Wildman–Crippen LogP) is 5.37. The Balaban J connectivity index is 1.76. The lowest BCUT2D eigenvalue weighted by atomic mass is 10.1. The first-order valence-electron chi connectivity index (χ1n) is 8.44. The Kier molecular flexibility index (Phi) is 5.82. The van der Waals surface area contributed by atoms with Gasteiger partial charge in [0.05, 0.1) is 24.4 Å². The Morgan fingerprint density at radius 2 is 1.77 bits per heavy atom. The van der Waals surface area contributed by atoms with Crippen molar-refractivity contribution in [2.75, 3.05) is 11.5 Å². The van der Waals surface area contributed by atoms with E-state index in [0.717, 1.165) is 26.7 Å². The molecule has 4 nitrogen and oxygen atoms in total. The first-order valence-corrected chi connectivity index (χ1v) is 10.0. The number of fused-ring (bicyclic) bond motifs is 1. The minimum Gasteiger partial charge on any atom is -0.494 e. The van der Waals surface area contributed by atoms with Crippen molar-refractivity contribution in [3.8, 4) is 5.75 Å². The lowest BCUT2D eigenvalue weighted by molar-refractivity contribution is -0.114. The molecule has 26 heavy (non-hydrogen) atoms. The molecule has 1 amide bonds. The van der Waals surface area contributed by atoms with Crippen LogP contribution in [0.1, 0.15) is 36.2 Å². The van der Waals surface area contributed by atoms with E-state index in [1.54, 1.807) is 6.07 Å². The van der Waals surface area contributed by atoms with Crippen LogP contribution in [-0.4, -0.2) is 18.3 Å². The van der Waals surface area contributed by atoms with Crippen LogP contribution >= 0.6 is 31.9 Å². The van der Waals surface area contributed by atoms with Crippen LogP contribution in [-0.2, 0) is 11.3 Å². The number of Topliss-reactive ketones (excluding diaryl/α,β-unsaturated/α-hetero) is 1. The van der Waals surface area contributed by atoms with E-state index in [9.17, 15) is 9.59 Å². The maximum Gasteiger partial charge on any atom is 0.299 e. The Morgan fingerprint density at radius 1 is 1.08 bits per heavy atom. The van der Waals surface area contributed by atoms with Crippen molar-refractivity contribution < 1.29 is 14.3 Å². The van der Waals surface area contributed by atoms with Crippen LogP contribution in [0.15, 0.2) is 45.3 Å². The second-order valence-corrected chi connectivity index (χ2v) is 8.45. The Hall–Kier alpha value is -1.66. The highest BCUT2D eigenvalue weighted by molar-refractivity contribution is 9.11. The van der Waals surface area contributed by atoms with Crippen molar-refractivity contribution in [3.05, 3.63) is 56.5 Å². The van der Waals surface area contributed by atoms with E-state index in [4.69, 9.17) is 4.74 Å². The molecule has 0 spiro atoms. The molecule has 0 aliphatic carbocycles. The number of anilines is 1. The SMILES string of the molecule is CC(C)CCOc1ccc(CN2C(=O)C(=O)c3cc(Br)cc(Br)c32)cc1. The molecular formula is C20H19Br2NO3. The smallest absolute Gasteiger partial charge is 0.299 e. The van der Waals surface area contributed by atoms with Gasteiger partial charge in [0, 0.05) is 8.95 Å². The molecule has 136 valence electrons. The van der Waals surface area contributed by atoms with Crippen molar-refractivity contribution in [2.24, 2.45) is 5.92 Å². The van der Waals surface area contributed by atoms with Crippen LogP contribution in [0.5, 0.6) is 5.75 Å². The molecular weight excluding hydrogens is 462 g/mol. The second kappa shape index (κ2) is 7.92. The van der Waals surface area contributed by atoms with Gasteiger partial charge in [-0.25, -0.2) is 0 Å². The van der Waals surface area contributed by atoms with Crippen LogP contribution in [0, 0.1) is 5.92 Å². The fraction of sp³-hybridized carbons (Fsp3) is 0.300. The summed E-state index contributed by atoms with van der Waals surface area (Å²) in [6.07, 6.45) is 1.01. The molecule has 0 saturated heterocycles. The molecule has 0 atom stereocenters. The number of hydrogen-bond donors (Lipinski definition) is 0. The van der Waals surface area contributed by atoms with Crippen LogP contribution < -0.4 is 9.64 Å². The molecule has 1 heterocycles. The van der Waals surface area contributed by atoms with Gasteiger partial charge in [-0.3, -0.25) is 14.5 Å². The zero-order valence-corrected chi connectivity index (χ0v) is 17.8. The molecule has 2 aromatic rings. The minimum atomic E-state index is -0.504. The summed E-state index contributed by atoms with van der Waals surface area (Å²) in [6.45, 7) is 5.35. The zero-order chi connectivity index (χ0) is 18.8. The van der Waals surface area contributed by atoms with Gasteiger partial charge >= 0.3 is 0 Å². The fourth-order valence-corrected chi connectivity index (χ4v) is 4.23. The molecule has 0 radical (unpaired) electrons. The topological polar surface area (TPSA) is 46.6 Å². The van der Waals surface area contributed by atoms with Crippen LogP contribution in [0.4, 0.5) is 5.69 Å². The van der Waals surface area contributed by atoms with E-state index in [-0.39, 0.29) is 0 Å². The van der Waals surface area contributed by atoms with Gasteiger partial charge in [-0.1, -0.05) is 41.9 Å². The summed E-state index contributed by atoms with van der Waals surface area (Å²) in [5.74, 6) is 0.432. The molecule has 3 rings (SSSR count). The van der Waals surface area contributed by atoms with Gasteiger partial charge in [-0.15, -0.1) is 0 Å². The zero-order valence-electron chi connectivity index (χ0n) is 14.6. The molecule has 0 N–H and O–H groups in total. The third-order valence-corrected chi connectivity index (χ3v) is 5.27. The van der Waals surface area contributed by atoms with Crippen molar-refractivity contribution in [1.82, 2.24) is 0 Å². The number of rotatable bonds is 6.